The lowest BCUT2D eigenvalue weighted by Crippen LogP contribution is -2.18. The van der Waals surface area contributed by atoms with E-state index in [0.29, 0.717) is 5.95 Å². The predicted molar refractivity (Wildman–Crippen MR) is 74.9 cm³/mol. The summed E-state index contributed by atoms with van der Waals surface area (Å²) in [6.45, 7) is 2.93. The molecule has 0 atom stereocenters. The van der Waals surface area contributed by atoms with Gasteiger partial charge >= 0.3 is 0 Å². The highest BCUT2D eigenvalue weighted by atomic mass is 15.2. The molecule has 2 aromatic rings. The molecule has 0 radical (unpaired) electrons. The number of benzene rings is 1. The zero-order chi connectivity index (χ0) is 13.0. The Hall–Kier alpha value is -2.10. The minimum absolute atomic E-state index is 0.642. The summed E-state index contributed by atoms with van der Waals surface area (Å²) >= 11 is 0. The van der Waals surface area contributed by atoms with Crippen molar-refractivity contribution < 1.29 is 0 Å². The minimum Gasteiger partial charge on any atom is -0.357 e. The van der Waals surface area contributed by atoms with Gasteiger partial charge in [-0.1, -0.05) is 29.8 Å². The van der Waals surface area contributed by atoms with Crippen LogP contribution in [0.15, 0.2) is 36.5 Å². The maximum absolute atomic E-state index is 4.41. The SMILES string of the molecule is CNc1nccc(N(C)Cc2ccc(C)cc2)n1. The van der Waals surface area contributed by atoms with Crippen LogP contribution in [0, 0.1) is 6.92 Å². The molecule has 1 aromatic carbocycles. The van der Waals surface area contributed by atoms with Crippen LogP contribution in [0.3, 0.4) is 0 Å². The van der Waals surface area contributed by atoms with Crippen molar-refractivity contribution in [1.29, 1.82) is 0 Å². The number of rotatable bonds is 4. The van der Waals surface area contributed by atoms with Crippen molar-refractivity contribution in [3.05, 3.63) is 47.7 Å². The average molecular weight is 242 g/mol. The summed E-state index contributed by atoms with van der Waals surface area (Å²) in [6, 6.07) is 10.5. The number of hydrogen-bond donors (Lipinski definition) is 1. The summed E-state index contributed by atoms with van der Waals surface area (Å²) in [4.78, 5) is 10.6. The second kappa shape index (κ2) is 5.49. The number of aryl methyl sites for hydroxylation is 1. The Morgan fingerprint density at radius 3 is 2.56 bits per heavy atom. The van der Waals surface area contributed by atoms with Crippen molar-refractivity contribution >= 4 is 11.8 Å². The number of anilines is 2. The first-order valence-corrected chi connectivity index (χ1v) is 5.96. The fraction of sp³-hybridized carbons (Fsp3) is 0.286. The van der Waals surface area contributed by atoms with E-state index >= 15 is 0 Å². The van der Waals surface area contributed by atoms with Crippen molar-refractivity contribution in [3.8, 4) is 0 Å². The third kappa shape index (κ3) is 2.97. The Kier molecular flexibility index (Phi) is 3.77. The van der Waals surface area contributed by atoms with Gasteiger partial charge in [0.1, 0.15) is 5.82 Å². The molecular formula is C14H18N4. The summed E-state index contributed by atoms with van der Waals surface area (Å²) in [5.74, 6) is 1.55. The van der Waals surface area contributed by atoms with Crippen LogP contribution in [0.1, 0.15) is 11.1 Å². The van der Waals surface area contributed by atoms with Gasteiger partial charge in [0.15, 0.2) is 0 Å². The molecule has 4 heteroatoms. The zero-order valence-corrected chi connectivity index (χ0v) is 11.0. The summed E-state index contributed by atoms with van der Waals surface area (Å²) < 4.78 is 0. The Morgan fingerprint density at radius 1 is 1.17 bits per heavy atom. The second-order valence-electron chi connectivity index (χ2n) is 4.33. The van der Waals surface area contributed by atoms with Gasteiger partial charge in [-0.2, -0.15) is 4.98 Å². The van der Waals surface area contributed by atoms with Crippen LogP contribution in [0.2, 0.25) is 0 Å². The fourth-order valence-electron chi connectivity index (χ4n) is 1.73. The van der Waals surface area contributed by atoms with E-state index in [9.17, 15) is 0 Å². The monoisotopic (exact) mass is 242 g/mol. The van der Waals surface area contributed by atoms with Crippen LogP contribution in [0.25, 0.3) is 0 Å². The quantitative estimate of drug-likeness (QED) is 0.894. The van der Waals surface area contributed by atoms with Crippen LogP contribution in [0.4, 0.5) is 11.8 Å². The van der Waals surface area contributed by atoms with E-state index in [4.69, 9.17) is 0 Å². The molecule has 4 nitrogen and oxygen atoms in total. The Bertz CT molecular complexity index is 507. The summed E-state index contributed by atoms with van der Waals surface area (Å²) in [6.07, 6.45) is 1.76. The fourth-order valence-corrected chi connectivity index (χ4v) is 1.73. The maximum atomic E-state index is 4.41. The molecule has 0 aliphatic rings. The average Bonchev–Trinajstić information content (AvgIpc) is 2.41. The van der Waals surface area contributed by atoms with Gasteiger partial charge < -0.3 is 10.2 Å². The highest BCUT2D eigenvalue weighted by molar-refractivity contribution is 5.42. The lowest BCUT2D eigenvalue weighted by Gasteiger charge is -2.18. The van der Waals surface area contributed by atoms with Crippen molar-refractivity contribution in [2.75, 3.05) is 24.3 Å². The largest absolute Gasteiger partial charge is 0.357 e. The number of nitrogens with zero attached hydrogens (tertiary/aromatic N) is 3. The summed E-state index contributed by atoms with van der Waals surface area (Å²) in [5.41, 5.74) is 2.55. The third-order valence-electron chi connectivity index (χ3n) is 2.80. The standard InChI is InChI=1S/C14H18N4/c1-11-4-6-12(7-5-11)10-18(3)13-8-9-16-14(15-2)17-13/h4-9H,10H2,1-3H3,(H,15,16,17). The smallest absolute Gasteiger partial charge is 0.224 e. The van der Waals surface area contributed by atoms with Crippen molar-refractivity contribution in [1.82, 2.24) is 9.97 Å². The molecule has 0 amide bonds. The van der Waals surface area contributed by atoms with E-state index in [1.54, 1.807) is 6.20 Å². The van der Waals surface area contributed by atoms with E-state index in [1.807, 2.05) is 20.2 Å². The van der Waals surface area contributed by atoms with Gasteiger partial charge in [-0.15, -0.1) is 0 Å². The van der Waals surface area contributed by atoms with Crippen molar-refractivity contribution in [2.45, 2.75) is 13.5 Å². The topological polar surface area (TPSA) is 41.1 Å². The minimum atomic E-state index is 0.642. The van der Waals surface area contributed by atoms with Gasteiger partial charge in [0.05, 0.1) is 0 Å². The predicted octanol–water partition coefficient (Wildman–Crippen LogP) is 2.46. The molecule has 0 bridgehead atoms. The first-order valence-electron chi connectivity index (χ1n) is 5.96. The molecular weight excluding hydrogens is 224 g/mol. The van der Waals surface area contributed by atoms with Gasteiger partial charge in [-0.25, -0.2) is 4.98 Å². The number of nitrogens with one attached hydrogen (secondary N) is 1. The van der Waals surface area contributed by atoms with Crippen molar-refractivity contribution in [3.63, 3.8) is 0 Å². The number of hydrogen-bond acceptors (Lipinski definition) is 4. The number of aromatic nitrogens is 2. The second-order valence-corrected chi connectivity index (χ2v) is 4.33. The molecule has 1 N–H and O–H groups in total. The maximum Gasteiger partial charge on any atom is 0.224 e. The molecule has 0 spiro atoms. The normalized spacial score (nSPS) is 10.2. The van der Waals surface area contributed by atoms with E-state index < -0.39 is 0 Å². The van der Waals surface area contributed by atoms with Gasteiger partial charge in [0.25, 0.3) is 0 Å². The Balaban J connectivity index is 2.11. The molecule has 94 valence electrons. The molecule has 0 saturated carbocycles. The molecule has 0 saturated heterocycles. The van der Waals surface area contributed by atoms with E-state index in [1.165, 1.54) is 11.1 Å². The first kappa shape index (κ1) is 12.4. The Labute approximate surface area is 108 Å². The molecule has 0 aliphatic carbocycles. The third-order valence-corrected chi connectivity index (χ3v) is 2.80. The van der Waals surface area contributed by atoms with Crippen LogP contribution >= 0.6 is 0 Å². The van der Waals surface area contributed by atoms with Gasteiger partial charge in [0, 0.05) is 26.8 Å². The molecule has 0 unspecified atom stereocenters. The highest BCUT2D eigenvalue weighted by Crippen LogP contribution is 2.14. The lowest BCUT2D eigenvalue weighted by atomic mass is 10.1. The molecule has 2 rings (SSSR count). The first-order chi connectivity index (χ1) is 8.69. The summed E-state index contributed by atoms with van der Waals surface area (Å²) in [5, 5.41) is 2.94. The van der Waals surface area contributed by atoms with Gasteiger partial charge in [-0.05, 0) is 18.6 Å². The van der Waals surface area contributed by atoms with Gasteiger partial charge in [0.2, 0.25) is 5.95 Å². The van der Waals surface area contributed by atoms with Crippen LogP contribution in [-0.2, 0) is 6.54 Å². The Morgan fingerprint density at radius 2 is 1.89 bits per heavy atom. The molecule has 1 aromatic heterocycles. The zero-order valence-electron chi connectivity index (χ0n) is 11.0. The van der Waals surface area contributed by atoms with Crippen molar-refractivity contribution in [2.24, 2.45) is 0 Å². The summed E-state index contributed by atoms with van der Waals surface area (Å²) in [7, 11) is 3.85. The van der Waals surface area contributed by atoms with E-state index in [2.05, 4.69) is 51.4 Å². The van der Waals surface area contributed by atoms with E-state index in [-0.39, 0.29) is 0 Å². The van der Waals surface area contributed by atoms with Crippen LogP contribution in [-0.4, -0.2) is 24.1 Å². The molecule has 0 aliphatic heterocycles. The molecule has 18 heavy (non-hydrogen) atoms. The van der Waals surface area contributed by atoms with Gasteiger partial charge in [-0.3, -0.25) is 0 Å². The molecule has 1 heterocycles. The van der Waals surface area contributed by atoms with Crippen LogP contribution < -0.4 is 10.2 Å². The molecule has 0 fully saturated rings. The van der Waals surface area contributed by atoms with E-state index in [0.717, 1.165) is 12.4 Å². The highest BCUT2D eigenvalue weighted by Gasteiger charge is 2.04. The van der Waals surface area contributed by atoms with Crippen LogP contribution in [0.5, 0.6) is 0 Å². The lowest BCUT2D eigenvalue weighted by molar-refractivity contribution is 0.891.